The summed E-state index contributed by atoms with van der Waals surface area (Å²) in [6.07, 6.45) is 1.68. The number of rotatable bonds is 8. The van der Waals surface area contributed by atoms with Crippen LogP contribution in [0.4, 0.5) is 8.78 Å². The maximum Gasteiger partial charge on any atom is 0.191 e. The van der Waals surface area contributed by atoms with Crippen molar-refractivity contribution in [1.82, 2.24) is 15.5 Å². The molecule has 3 rings (SSSR count). The summed E-state index contributed by atoms with van der Waals surface area (Å²) in [6, 6.07) is 15.4. The van der Waals surface area contributed by atoms with Crippen LogP contribution in [0.5, 0.6) is 0 Å². The minimum Gasteiger partial charge on any atom is -0.468 e. The van der Waals surface area contributed by atoms with E-state index in [0.717, 1.165) is 36.5 Å². The van der Waals surface area contributed by atoms with Crippen LogP contribution in [0, 0.1) is 11.6 Å². The summed E-state index contributed by atoms with van der Waals surface area (Å²) in [5.41, 5.74) is 2.56. The third kappa shape index (κ3) is 6.15. The second kappa shape index (κ2) is 10.5. The van der Waals surface area contributed by atoms with Crippen molar-refractivity contribution in [1.29, 1.82) is 0 Å². The van der Waals surface area contributed by atoms with Crippen molar-refractivity contribution in [2.24, 2.45) is 4.99 Å². The van der Waals surface area contributed by atoms with Crippen LogP contribution in [0.1, 0.15) is 22.5 Å². The molecule has 0 bridgehead atoms. The molecule has 0 atom stereocenters. The van der Waals surface area contributed by atoms with Gasteiger partial charge in [-0.2, -0.15) is 0 Å². The van der Waals surface area contributed by atoms with Crippen molar-refractivity contribution in [2.75, 3.05) is 14.1 Å². The van der Waals surface area contributed by atoms with Crippen LogP contribution in [0.15, 0.2) is 70.3 Å². The van der Waals surface area contributed by atoms with Crippen LogP contribution in [0.25, 0.3) is 0 Å². The molecular formula is C23H26F2N4O. The summed E-state index contributed by atoms with van der Waals surface area (Å²) in [5.74, 6) is 0.507. The molecule has 0 fully saturated rings. The molecule has 30 heavy (non-hydrogen) atoms. The normalized spacial score (nSPS) is 11.7. The third-order valence-electron chi connectivity index (χ3n) is 4.69. The molecule has 0 spiro atoms. The lowest BCUT2D eigenvalue weighted by molar-refractivity contribution is 0.287. The molecule has 0 aliphatic heterocycles. The molecule has 0 saturated carbocycles. The Morgan fingerprint density at radius 2 is 1.67 bits per heavy atom. The number of nitrogens with one attached hydrogen (secondary N) is 2. The van der Waals surface area contributed by atoms with Crippen LogP contribution >= 0.6 is 0 Å². The highest BCUT2D eigenvalue weighted by Crippen LogP contribution is 2.13. The van der Waals surface area contributed by atoms with E-state index < -0.39 is 11.6 Å². The zero-order valence-corrected chi connectivity index (χ0v) is 17.2. The second-order valence-corrected chi connectivity index (χ2v) is 7.04. The van der Waals surface area contributed by atoms with Gasteiger partial charge in [0.2, 0.25) is 0 Å². The second-order valence-electron chi connectivity index (χ2n) is 7.04. The molecular weight excluding hydrogens is 386 g/mol. The fourth-order valence-corrected chi connectivity index (χ4v) is 3.16. The number of guanidine groups is 1. The van der Waals surface area contributed by atoms with Crippen molar-refractivity contribution in [2.45, 2.75) is 26.2 Å². The SMILES string of the molecule is CN=C(NCc1cc(F)ccc1F)NCc1ccccc1CN(C)Cc1ccco1. The third-order valence-corrected chi connectivity index (χ3v) is 4.69. The Balaban J connectivity index is 1.57. The van der Waals surface area contributed by atoms with Crippen molar-refractivity contribution < 1.29 is 13.2 Å². The van der Waals surface area contributed by atoms with Crippen LogP contribution in [-0.4, -0.2) is 25.0 Å². The van der Waals surface area contributed by atoms with Crippen molar-refractivity contribution >= 4 is 5.96 Å². The first-order valence-corrected chi connectivity index (χ1v) is 9.71. The van der Waals surface area contributed by atoms with E-state index in [4.69, 9.17) is 4.42 Å². The number of nitrogens with zero attached hydrogens (tertiary/aromatic N) is 2. The Kier molecular flexibility index (Phi) is 7.57. The van der Waals surface area contributed by atoms with Gasteiger partial charge in [0.1, 0.15) is 17.4 Å². The van der Waals surface area contributed by atoms with Gasteiger partial charge in [-0.25, -0.2) is 8.78 Å². The predicted molar refractivity (Wildman–Crippen MR) is 114 cm³/mol. The molecule has 0 amide bonds. The Morgan fingerprint density at radius 3 is 2.37 bits per heavy atom. The van der Waals surface area contributed by atoms with Gasteiger partial charge < -0.3 is 15.1 Å². The standard InChI is InChI=1S/C23H26F2N4O/c1-26-23(28-14-19-12-20(24)9-10-22(19)25)27-13-17-6-3-4-7-18(17)15-29(2)16-21-8-5-11-30-21/h3-12H,13-16H2,1-2H3,(H2,26,27,28). The predicted octanol–water partition coefficient (Wildman–Crippen LogP) is 4.06. The fourth-order valence-electron chi connectivity index (χ4n) is 3.16. The molecule has 3 aromatic rings. The summed E-state index contributed by atoms with van der Waals surface area (Å²) in [6.45, 7) is 2.17. The van der Waals surface area contributed by atoms with Crippen LogP contribution in [0.3, 0.4) is 0 Å². The largest absolute Gasteiger partial charge is 0.468 e. The summed E-state index contributed by atoms with van der Waals surface area (Å²) in [5, 5.41) is 6.26. The first-order valence-electron chi connectivity index (χ1n) is 9.71. The molecule has 0 unspecified atom stereocenters. The summed E-state index contributed by atoms with van der Waals surface area (Å²) < 4.78 is 32.6. The van der Waals surface area contributed by atoms with E-state index in [9.17, 15) is 8.78 Å². The highest BCUT2D eigenvalue weighted by Gasteiger charge is 2.09. The van der Waals surface area contributed by atoms with E-state index in [1.165, 1.54) is 11.6 Å². The van der Waals surface area contributed by atoms with Gasteiger partial charge in [-0.15, -0.1) is 0 Å². The van der Waals surface area contributed by atoms with E-state index in [2.05, 4.69) is 32.7 Å². The van der Waals surface area contributed by atoms with Gasteiger partial charge in [0.15, 0.2) is 5.96 Å². The average molecular weight is 412 g/mol. The van der Waals surface area contributed by atoms with Crippen LogP contribution < -0.4 is 10.6 Å². The maximum absolute atomic E-state index is 13.8. The molecule has 0 radical (unpaired) electrons. The summed E-state index contributed by atoms with van der Waals surface area (Å²) in [7, 11) is 3.68. The number of hydrogen-bond acceptors (Lipinski definition) is 3. The number of aliphatic imine (C=N–C) groups is 1. The highest BCUT2D eigenvalue weighted by molar-refractivity contribution is 5.79. The molecule has 1 aromatic heterocycles. The van der Waals surface area contributed by atoms with Crippen LogP contribution in [0.2, 0.25) is 0 Å². The molecule has 1 heterocycles. The van der Waals surface area contributed by atoms with Crippen molar-refractivity contribution in [3.05, 3.63) is 94.9 Å². The van der Waals surface area contributed by atoms with Crippen LogP contribution in [-0.2, 0) is 26.2 Å². The molecule has 0 saturated heterocycles. The Morgan fingerprint density at radius 1 is 0.933 bits per heavy atom. The quantitative estimate of drug-likeness (QED) is 0.433. The number of halogens is 2. The van der Waals surface area contributed by atoms with Gasteiger partial charge in [-0.1, -0.05) is 24.3 Å². The van der Waals surface area contributed by atoms with Crippen molar-refractivity contribution in [3.8, 4) is 0 Å². The molecule has 0 aliphatic carbocycles. The maximum atomic E-state index is 13.8. The molecule has 0 aliphatic rings. The lowest BCUT2D eigenvalue weighted by Crippen LogP contribution is -2.36. The van der Waals surface area contributed by atoms with E-state index in [1.807, 2.05) is 31.3 Å². The Labute approximate surface area is 175 Å². The summed E-state index contributed by atoms with van der Waals surface area (Å²) >= 11 is 0. The molecule has 158 valence electrons. The van der Waals surface area contributed by atoms with E-state index in [-0.39, 0.29) is 12.1 Å². The lowest BCUT2D eigenvalue weighted by Gasteiger charge is -2.19. The van der Waals surface area contributed by atoms with Gasteiger partial charge in [0.05, 0.1) is 12.8 Å². The van der Waals surface area contributed by atoms with Crippen molar-refractivity contribution in [3.63, 3.8) is 0 Å². The zero-order valence-electron chi connectivity index (χ0n) is 17.2. The van der Waals surface area contributed by atoms with Gasteiger partial charge in [-0.05, 0) is 48.5 Å². The minimum absolute atomic E-state index is 0.136. The van der Waals surface area contributed by atoms with Gasteiger partial charge in [0, 0.05) is 32.2 Å². The monoisotopic (exact) mass is 412 g/mol. The fraction of sp³-hybridized carbons (Fsp3) is 0.261. The Bertz CT molecular complexity index is 973. The minimum atomic E-state index is -0.469. The van der Waals surface area contributed by atoms with E-state index in [0.29, 0.717) is 12.5 Å². The highest BCUT2D eigenvalue weighted by atomic mass is 19.1. The van der Waals surface area contributed by atoms with Gasteiger partial charge in [-0.3, -0.25) is 9.89 Å². The zero-order chi connectivity index (χ0) is 21.3. The number of hydrogen-bond donors (Lipinski definition) is 2. The topological polar surface area (TPSA) is 52.8 Å². The Hall–Kier alpha value is -3.19. The molecule has 7 heteroatoms. The smallest absolute Gasteiger partial charge is 0.191 e. The van der Waals surface area contributed by atoms with Gasteiger partial charge in [0.25, 0.3) is 0 Å². The van der Waals surface area contributed by atoms with E-state index in [1.54, 1.807) is 13.3 Å². The van der Waals surface area contributed by atoms with Gasteiger partial charge >= 0.3 is 0 Å². The molecule has 5 nitrogen and oxygen atoms in total. The summed E-state index contributed by atoms with van der Waals surface area (Å²) in [4.78, 5) is 6.34. The molecule has 2 aromatic carbocycles. The first kappa shape index (κ1) is 21.5. The first-order chi connectivity index (χ1) is 14.5. The lowest BCUT2D eigenvalue weighted by atomic mass is 10.1. The average Bonchev–Trinajstić information content (AvgIpc) is 3.24. The number of furan rings is 1. The van der Waals surface area contributed by atoms with E-state index >= 15 is 0 Å². The molecule has 2 N–H and O–H groups in total. The number of benzene rings is 2.